The van der Waals surface area contributed by atoms with Crippen molar-refractivity contribution in [2.45, 2.75) is 19.3 Å². The van der Waals surface area contributed by atoms with Gasteiger partial charge in [0.25, 0.3) is 0 Å². The van der Waals surface area contributed by atoms with Crippen LogP contribution in [0.1, 0.15) is 30.4 Å². The lowest BCUT2D eigenvalue weighted by atomic mass is 9.87. The number of halogens is 1. The quantitative estimate of drug-likeness (QED) is 0.661. The van der Waals surface area contributed by atoms with Crippen LogP contribution in [0.25, 0.3) is 12.2 Å². The summed E-state index contributed by atoms with van der Waals surface area (Å²) in [6.45, 7) is 0. The maximum atomic E-state index is 12.9. The number of ketones is 1. The van der Waals surface area contributed by atoms with Gasteiger partial charge in [-0.2, -0.15) is 0 Å². The predicted octanol–water partition coefficient (Wildman–Crippen LogP) is 5.58. The van der Waals surface area contributed by atoms with Gasteiger partial charge in [0.05, 0.1) is 14.2 Å². The molecule has 0 saturated heterocycles. The zero-order chi connectivity index (χ0) is 18.5. The first kappa shape index (κ1) is 18.3. The zero-order valence-electron chi connectivity index (χ0n) is 14.9. The molecular formula is C22H21ClO3. The second-order valence-corrected chi connectivity index (χ2v) is 6.62. The summed E-state index contributed by atoms with van der Waals surface area (Å²) in [5.41, 5.74) is 3.58. The maximum Gasteiger partial charge on any atom is 0.185 e. The van der Waals surface area contributed by atoms with Crippen molar-refractivity contribution in [3.63, 3.8) is 0 Å². The molecule has 1 aliphatic rings. The van der Waals surface area contributed by atoms with Crippen LogP contribution in [0.2, 0.25) is 5.02 Å². The van der Waals surface area contributed by atoms with E-state index < -0.39 is 0 Å². The van der Waals surface area contributed by atoms with Gasteiger partial charge in [-0.3, -0.25) is 4.79 Å². The summed E-state index contributed by atoms with van der Waals surface area (Å²) in [4.78, 5) is 12.9. The van der Waals surface area contributed by atoms with Crippen LogP contribution >= 0.6 is 11.6 Å². The minimum atomic E-state index is 0.112. The van der Waals surface area contributed by atoms with Crippen molar-refractivity contribution in [3.05, 3.63) is 69.8 Å². The molecule has 0 aromatic heterocycles. The van der Waals surface area contributed by atoms with E-state index in [9.17, 15) is 4.79 Å². The SMILES string of the molecule is COc1ccc(/C=C2\CCC/C(=C\c3ccc(Cl)cc3)C2=O)cc1OC. The van der Waals surface area contributed by atoms with Crippen molar-refractivity contribution in [2.75, 3.05) is 14.2 Å². The molecule has 1 aliphatic carbocycles. The second kappa shape index (κ2) is 8.24. The molecule has 0 N–H and O–H groups in total. The van der Waals surface area contributed by atoms with Gasteiger partial charge in [0.2, 0.25) is 0 Å². The molecule has 0 spiro atoms. The molecule has 0 unspecified atom stereocenters. The van der Waals surface area contributed by atoms with Gasteiger partial charge in [-0.15, -0.1) is 0 Å². The first-order chi connectivity index (χ1) is 12.6. The molecule has 1 fully saturated rings. The van der Waals surface area contributed by atoms with Crippen molar-refractivity contribution in [2.24, 2.45) is 0 Å². The fourth-order valence-electron chi connectivity index (χ4n) is 3.08. The molecule has 1 saturated carbocycles. The molecule has 3 rings (SSSR count). The van der Waals surface area contributed by atoms with Gasteiger partial charge in [-0.25, -0.2) is 0 Å². The van der Waals surface area contributed by atoms with E-state index in [0.717, 1.165) is 41.5 Å². The highest BCUT2D eigenvalue weighted by molar-refractivity contribution is 6.30. The topological polar surface area (TPSA) is 35.5 Å². The molecule has 0 heterocycles. The molecule has 0 aliphatic heterocycles. The van der Waals surface area contributed by atoms with Crippen molar-refractivity contribution >= 4 is 29.5 Å². The fourth-order valence-corrected chi connectivity index (χ4v) is 3.21. The van der Waals surface area contributed by atoms with Crippen molar-refractivity contribution < 1.29 is 14.3 Å². The Bertz CT molecular complexity index is 863. The normalized spacial score (nSPS) is 17.6. The molecule has 0 atom stereocenters. The number of ether oxygens (including phenoxy) is 2. The third-order valence-electron chi connectivity index (χ3n) is 4.43. The highest BCUT2D eigenvalue weighted by Gasteiger charge is 2.20. The van der Waals surface area contributed by atoms with Crippen LogP contribution in [-0.2, 0) is 4.79 Å². The first-order valence-electron chi connectivity index (χ1n) is 8.54. The summed E-state index contributed by atoms with van der Waals surface area (Å²) in [7, 11) is 3.21. The lowest BCUT2D eigenvalue weighted by Gasteiger charge is -2.17. The molecule has 0 bridgehead atoms. The number of hydrogen-bond donors (Lipinski definition) is 0. The van der Waals surface area contributed by atoms with Crippen molar-refractivity contribution in [3.8, 4) is 11.5 Å². The number of carbonyl (C=O) groups is 1. The lowest BCUT2D eigenvalue weighted by molar-refractivity contribution is -0.112. The molecule has 4 heteroatoms. The van der Waals surface area contributed by atoms with E-state index in [1.807, 2.05) is 54.6 Å². The van der Waals surface area contributed by atoms with Gasteiger partial charge < -0.3 is 9.47 Å². The van der Waals surface area contributed by atoms with E-state index in [0.29, 0.717) is 16.5 Å². The predicted molar refractivity (Wildman–Crippen MR) is 106 cm³/mol. The zero-order valence-corrected chi connectivity index (χ0v) is 15.7. The Morgan fingerprint density at radius 3 is 2.04 bits per heavy atom. The number of hydrogen-bond acceptors (Lipinski definition) is 3. The van der Waals surface area contributed by atoms with Crippen LogP contribution in [0.4, 0.5) is 0 Å². The minimum Gasteiger partial charge on any atom is -0.493 e. The molecule has 2 aromatic rings. The highest BCUT2D eigenvalue weighted by Crippen LogP contribution is 2.31. The van der Waals surface area contributed by atoms with E-state index in [1.165, 1.54) is 0 Å². The average Bonchev–Trinajstić information content (AvgIpc) is 2.66. The Morgan fingerprint density at radius 2 is 1.42 bits per heavy atom. The van der Waals surface area contributed by atoms with Crippen molar-refractivity contribution in [1.82, 2.24) is 0 Å². The fraction of sp³-hybridized carbons (Fsp3) is 0.227. The summed E-state index contributed by atoms with van der Waals surface area (Å²) in [5.74, 6) is 1.44. The van der Waals surface area contributed by atoms with Gasteiger partial charge in [-0.05, 0) is 66.8 Å². The Balaban J connectivity index is 1.87. The first-order valence-corrected chi connectivity index (χ1v) is 8.92. The van der Waals surface area contributed by atoms with Crippen LogP contribution in [0, 0.1) is 0 Å². The van der Waals surface area contributed by atoms with Gasteiger partial charge >= 0.3 is 0 Å². The van der Waals surface area contributed by atoms with E-state index in [1.54, 1.807) is 14.2 Å². The van der Waals surface area contributed by atoms with Crippen molar-refractivity contribution in [1.29, 1.82) is 0 Å². The molecular weight excluding hydrogens is 348 g/mol. The number of methoxy groups -OCH3 is 2. The molecule has 134 valence electrons. The molecule has 26 heavy (non-hydrogen) atoms. The summed E-state index contributed by atoms with van der Waals surface area (Å²) < 4.78 is 10.6. The summed E-state index contributed by atoms with van der Waals surface area (Å²) >= 11 is 5.93. The Labute approximate surface area is 158 Å². The molecule has 0 radical (unpaired) electrons. The standard InChI is InChI=1S/C22H21ClO3/c1-25-20-11-8-16(14-21(20)26-2)13-18-5-3-4-17(22(18)24)12-15-6-9-19(23)10-7-15/h6-14H,3-5H2,1-2H3/b17-12+,18-13+. The monoisotopic (exact) mass is 368 g/mol. The summed E-state index contributed by atoms with van der Waals surface area (Å²) in [6, 6.07) is 13.2. The van der Waals surface area contributed by atoms with Crippen LogP contribution < -0.4 is 9.47 Å². The van der Waals surface area contributed by atoms with E-state index in [4.69, 9.17) is 21.1 Å². The van der Waals surface area contributed by atoms with Crippen LogP contribution in [0.15, 0.2) is 53.6 Å². The van der Waals surface area contributed by atoms with E-state index >= 15 is 0 Å². The number of allylic oxidation sites excluding steroid dienone is 2. The number of rotatable bonds is 4. The van der Waals surface area contributed by atoms with Crippen LogP contribution in [0.5, 0.6) is 11.5 Å². The molecule has 0 amide bonds. The van der Waals surface area contributed by atoms with E-state index in [-0.39, 0.29) is 5.78 Å². The lowest BCUT2D eigenvalue weighted by Crippen LogP contribution is -2.12. The van der Waals surface area contributed by atoms with Crippen LogP contribution in [-0.4, -0.2) is 20.0 Å². The largest absolute Gasteiger partial charge is 0.493 e. The molecule has 3 nitrogen and oxygen atoms in total. The Hall–Kier alpha value is -2.52. The number of Topliss-reactive ketones (excluding diaryl/α,β-unsaturated/α-hetero) is 1. The average molecular weight is 369 g/mol. The van der Waals surface area contributed by atoms with Crippen LogP contribution in [0.3, 0.4) is 0 Å². The van der Waals surface area contributed by atoms with Gasteiger partial charge in [-0.1, -0.05) is 29.8 Å². The van der Waals surface area contributed by atoms with Gasteiger partial charge in [0.1, 0.15) is 0 Å². The smallest absolute Gasteiger partial charge is 0.185 e. The summed E-state index contributed by atoms with van der Waals surface area (Å²) in [5, 5.41) is 0.691. The third kappa shape index (κ3) is 4.17. The Kier molecular flexibility index (Phi) is 5.79. The Morgan fingerprint density at radius 1 is 0.846 bits per heavy atom. The number of carbonyl (C=O) groups excluding carboxylic acids is 1. The number of benzene rings is 2. The molecule has 2 aromatic carbocycles. The summed E-state index contributed by atoms with van der Waals surface area (Å²) in [6.07, 6.45) is 6.44. The maximum absolute atomic E-state index is 12.9. The van der Waals surface area contributed by atoms with Gasteiger partial charge in [0, 0.05) is 16.2 Å². The highest BCUT2D eigenvalue weighted by atomic mass is 35.5. The minimum absolute atomic E-state index is 0.112. The third-order valence-corrected chi connectivity index (χ3v) is 4.69. The van der Waals surface area contributed by atoms with E-state index in [2.05, 4.69) is 0 Å². The second-order valence-electron chi connectivity index (χ2n) is 6.19. The van der Waals surface area contributed by atoms with Gasteiger partial charge in [0.15, 0.2) is 17.3 Å².